The number of fused-ring (bicyclic) bond motifs is 1. The maximum atomic E-state index is 13.8. The second-order valence-electron chi connectivity index (χ2n) is 6.92. The molecule has 2 aliphatic rings. The van der Waals surface area contributed by atoms with Crippen LogP contribution in [-0.2, 0) is 23.9 Å². The summed E-state index contributed by atoms with van der Waals surface area (Å²) in [5.41, 5.74) is 3.62. The minimum Gasteiger partial charge on any atom is -0.480 e. The number of carboxylic acids is 1. The number of nitrogens with two attached hydrogens (primary N) is 1. The summed E-state index contributed by atoms with van der Waals surface area (Å²) in [5, 5.41) is 9.14. The number of carbonyl (C=O) groups is 3. The molecule has 0 aromatic carbocycles. The summed E-state index contributed by atoms with van der Waals surface area (Å²) in [7, 11) is 0. The van der Waals surface area contributed by atoms with Crippen LogP contribution in [0.3, 0.4) is 0 Å². The molecule has 2 saturated carbocycles. The lowest BCUT2D eigenvalue weighted by atomic mass is 9.90. The number of halogens is 1. The molecule has 2 aliphatic carbocycles. The number of hydrogen-bond donors (Lipinski definition) is 2. The zero-order valence-electron chi connectivity index (χ0n) is 14.4. The Balaban J connectivity index is 1.66. The normalized spacial score (nSPS) is 32.8. The first-order chi connectivity index (χ1) is 11.8. The summed E-state index contributed by atoms with van der Waals surface area (Å²) >= 11 is 0. The van der Waals surface area contributed by atoms with Crippen molar-refractivity contribution in [3.05, 3.63) is 0 Å². The van der Waals surface area contributed by atoms with Gasteiger partial charge in [0.05, 0.1) is 5.92 Å². The van der Waals surface area contributed by atoms with Crippen LogP contribution in [0.15, 0.2) is 0 Å². The van der Waals surface area contributed by atoms with Gasteiger partial charge in [-0.3, -0.25) is 14.4 Å². The third-order valence-electron chi connectivity index (χ3n) is 5.27. The van der Waals surface area contributed by atoms with Crippen molar-refractivity contribution >= 4 is 17.9 Å². The third-order valence-corrected chi connectivity index (χ3v) is 5.27. The molecule has 3 N–H and O–H groups in total. The Morgan fingerprint density at radius 2 is 1.88 bits per heavy atom. The van der Waals surface area contributed by atoms with E-state index in [2.05, 4.69) is 6.92 Å². The van der Waals surface area contributed by atoms with Gasteiger partial charge in [-0.05, 0) is 18.8 Å². The average molecular weight is 359 g/mol. The van der Waals surface area contributed by atoms with Crippen molar-refractivity contribution in [3.8, 4) is 0 Å². The van der Waals surface area contributed by atoms with Crippen LogP contribution >= 0.6 is 0 Å². The molecule has 0 radical (unpaired) electrons. The monoisotopic (exact) mass is 359 g/mol. The molecular formula is C17H26FNO6. The summed E-state index contributed by atoms with van der Waals surface area (Å²) in [6, 6.07) is 0. The van der Waals surface area contributed by atoms with Crippen LogP contribution in [0.2, 0.25) is 0 Å². The molecule has 0 bridgehead atoms. The molecule has 0 amide bonds. The van der Waals surface area contributed by atoms with E-state index in [1.54, 1.807) is 0 Å². The summed E-state index contributed by atoms with van der Waals surface area (Å²) in [6.07, 6.45) is 3.54. The predicted molar refractivity (Wildman–Crippen MR) is 85.0 cm³/mol. The number of hydrogen-bond acceptors (Lipinski definition) is 6. The lowest BCUT2D eigenvalue weighted by Crippen LogP contribution is -2.56. The second-order valence-corrected chi connectivity index (χ2v) is 6.92. The Kier molecular flexibility index (Phi) is 6.37. The van der Waals surface area contributed by atoms with Gasteiger partial charge in [0, 0.05) is 12.3 Å². The summed E-state index contributed by atoms with van der Waals surface area (Å²) in [4.78, 5) is 34.7. The van der Waals surface area contributed by atoms with Gasteiger partial charge in [0.25, 0.3) is 0 Å². The van der Waals surface area contributed by atoms with Crippen LogP contribution in [0.4, 0.5) is 4.39 Å². The molecule has 0 heterocycles. The van der Waals surface area contributed by atoms with Crippen LogP contribution in [0.5, 0.6) is 0 Å². The number of carboxylic acid groups (broad SMARTS) is 1. The average Bonchev–Trinajstić information content (AvgIpc) is 3.20. The number of carbonyl (C=O) groups excluding carboxylic acids is 2. The Bertz CT molecular complexity index is 527. The van der Waals surface area contributed by atoms with E-state index in [0.29, 0.717) is 0 Å². The maximum absolute atomic E-state index is 13.8. The highest BCUT2D eigenvalue weighted by molar-refractivity contribution is 5.86. The van der Waals surface area contributed by atoms with Crippen molar-refractivity contribution in [2.24, 2.45) is 23.5 Å². The maximum Gasteiger partial charge on any atom is 0.327 e. The minimum atomic E-state index is -2.04. The highest BCUT2D eigenvalue weighted by Gasteiger charge is 2.74. The second kappa shape index (κ2) is 8.12. The zero-order chi connectivity index (χ0) is 18.6. The smallest absolute Gasteiger partial charge is 0.327 e. The van der Waals surface area contributed by atoms with Gasteiger partial charge in [-0.15, -0.1) is 0 Å². The third kappa shape index (κ3) is 4.11. The van der Waals surface area contributed by atoms with Crippen molar-refractivity contribution in [3.63, 3.8) is 0 Å². The van der Waals surface area contributed by atoms with Gasteiger partial charge < -0.3 is 20.3 Å². The van der Waals surface area contributed by atoms with Crippen molar-refractivity contribution in [2.45, 2.75) is 63.6 Å². The minimum absolute atomic E-state index is 0.0647. The molecule has 0 aromatic rings. The quantitative estimate of drug-likeness (QED) is 0.347. The molecule has 7 nitrogen and oxygen atoms in total. The first-order valence-electron chi connectivity index (χ1n) is 8.82. The van der Waals surface area contributed by atoms with Crippen LogP contribution in [0.25, 0.3) is 0 Å². The fourth-order valence-electron chi connectivity index (χ4n) is 3.75. The van der Waals surface area contributed by atoms with Crippen LogP contribution in [-0.4, -0.2) is 41.5 Å². The Morgan fingerprint density at radius 3 is 2.52 bits per heavy atom. The zero-order valence-corrected chi connectivity index (χ0v) is 14.4. The fourth-order valence-corrected chi connectivity index (χ4v) is 3.75. The molecule has 142 valence electrons. The number of ether oxygens (including phenoxy) is 2. The van der Waals surface area contributed by atoms with Gasteiger partial charge >= 0.3 is 17.9 Å². The summed E-state index contributed by atoms with van der Waals surface area (Å²) in [6.45, 7) is 1.60. The Hall–Kier alpha value is -1.70. The molecule has 2 fully saturated rings. The molecule has 2 rings (SSSR count). The molecule has 8 heteroatoms. The summed E-state index contributed by atoms with van der Waals surface area (Å²) in [5.74, 6) is -4.49. The van der Waals surface area contributed by atoms with Crippen LogP contribution in [0, 0.1) is 17.8 Å². The highest BCUT2D eigenvalue weighted by Crippen LogP contribution is 2.62. The number of alkyl halides is 1. The number of esters is 2. The molecule has 0 saturated heterocycles. The standard InChI is InChI=1S/C17H26FNO6/c1-2-3-4-5-6-7-12(20)24-9-25-15(21)13-10-8-11(18)17(19,14(10)13)16(22)23/h10-11,13-14H,2-9,19H2,1H3,(H,22,23)/t10-,11-,13-,14-,17-/m0/s1. The summed E-state index contributed by atoms with van der Waals surface area (Å²) < 4.78 is 23.5. The SMILES string of the molecule is CCCCCCCC(=O)OCOC(=O)[C@H]1[C@@H]2C[C@H](F)[C@@](N)(C(=O)O)[C@@H]21. The molecule has 0 spiro atoms. The van der Waals surface area contributed by atoms with E-state index in [4.69, 9.17) is 20.3 Å². The molecular weight excluding hydrogens is 333 g/mol. The van der Waals surface area contributed by atoms with E-state index < -0.39 is 54.2 Å². The van der Waals surface area contributed by atoms with E-state index in [9.17, 15) is 18.8 Å². The van der Waals surface area contributed by atoms with Gasteiger partial charge in [-0.25, -0.2) is 4.39 Å². The van der Waals surface area contributed by atoms with Gasteiger partial charge in [0.15, 0.2) is 0 Å². The number of unbranched alkanes of at least 4 members (excludes halogenated alkanes) is 4. The van der Waals surface area contributed by atoms with E-state index in [1.807, 2.05) is 0 Å². The Morgan fingerprint density at radius 1 is 1.20 bits per heavy atom. The molecule has 0 unspecified atom stereocenters. The van der Waals surface area contributed by atoms with E-state index in [1.165, 1.54) is 0 Å². The van der Waals surface area contributed by atoms with Gasteiger partial charge in [-0.1, -0.05) is 32.6 Å². The highest BCUT2D eigenvalue weighted by atomic mass is 19.1. The number of rotatable bonds is 10. The van der Waals surface area contributed by atoms with Crippen LogP contribution in [0.1, 0.15) is 51.9 Å². The lowest BCUT2D eigenvalue weighted by molar-refractivity contribution is -0.169. The van der Waals surface area contributed by atoms with Crippen LogP contribution < -0.4 is 5.73 Å². The van der Waals surface area contributed by atoms with Crippen molar-refractivity contribution in [1.29, 1.82) is 0 Å². The van der Waals surface area contributed by atoms with Crippen molar-refractivity contribution in [2.75, 3.05) is 6.79 Å². The van der Waals surface area contributed by atoms with Gasteiger partial charge in [0.2, 0.25) is 6.79 Å². The molecule has 0 aromatic heterocycles. The van der Waals surface area contributed by atoms with E-state index >= 15 is 0 Å². The lowest BCUT2D eigenvalue weighted by Gasteiger charge is -2.25. The van der Waals surface area contributed by atoms with Crippen molar-refractivity contribution < 1.29 is 33.4 Å². The first kappa shape index (κ1) is 19.6. The molecule has 25 heavy (non-hydrogen) atoms. The molecule has 5 atom stereocenters. The largest absolute Gasteiger partial charge is 0.480 e. The molecule has 0 aliphatic heterocycles. The van der Waals surface area contributed by atoms with Gasteiger partial charge in [0.1, 0.15) is 11.7 Å². The van der Waals surface area contributed by atoms with E-state index in [0.717, 1.165) is 32.1 Å². The predicted octanol–water partition coefficient (Wildman–Crippen LogP) is 1.78. The topological polar surface area (TPSA) is 116 Å². The van der Waals surface area contributed by atoms with Crippen molar-refractivity contribution in [1.82, 2.24) is 0 Å². The van der Waals surface area contributed by atoms with Gasteiger partial charge in [-0.2, -0.15) is 0 Å². The fraction of sp³-hybridized carbons (Fsp3) is 0.824. The first-order valence-corrected chi connectivity index (χ1v) is 8.82. The Labute approximate surface area is 146 Å². The van der Waals surface area contributed by atoms with E-state index in [-0.39, 0.29) is 12.8 Å². The number of aliphatic carboxylic acids is 1.